The Labute approximate surface area is 182 Å². The number of morpholine rings is 1. The Kier molecular flexibility index (Phi) is 9.40. The van der Waals surface area contributed by atoms with Crippen LogP contribution in [0, 0.1) is 11.8 Å². The minimum Gasteiger partial charge on any atom is -0.374 e. The quantitative estimate of drug-likeness (QED) is 0.675. The third kappa shape index (κ3) is 7.50. The molecule has 1 unspecified atom stereocenters. The third-order valence-corrected chi connectivity index (χ3v) is 6.59. The fourth-order valence-electron chi connectivity index (χ4n) is 4.96. The molecule has 3 aliphatic rings. The molecule has 7 heteroatoms. The molecule has 3 rings (SSSR count). The van der Waals surface area contributed by atoms with Crippen molar-refractivity contribution in [1.82, 2.24) is 20.0 Å². The van der Waals surface area contributed by atoms with Crippen molar-refractivity contribution in [2.75, 3.05) is 65.5 Å². The molecule has 0 aliphatic carbocycles. The number of piperidine rings is 1. The van der Waals surface area contributed by atoms with Gasteiger partial charge in [0.15, 0.2) is 0 Å². The Morgan fingerprint density at radius 2 is 1.67 bits per heavy atom. The van der Waals surface area contributed by atoms with Crippen molar-refractivity contribution in [2.45, 2.75) is 58.5 Å². The van der Waals surface area contributed by atoms with Gasteiger partial charge in [0.1, 0.15) is 0 Å². The molecular formula is C23H42N4O3. The van der Waals surface area contributed by atoms with Gasteiger partial charge in [-0.05, 0) is 44.7 Å². The van der Waals surface area contributed by atoms with E-state index in [1.807, 2.05) is 0 Å². The van der Waals surface area contributed by atoms with Crippen LogP contribution in [0.1, 0.15) is 52.4 Å². The molecule has 0 spiro atoms. The molecule has 3 saturated heterocycles. The van der Waals surface area contributed by atoms with Gasteiger partial charge >= 0.3 is 0 Å². The fraction of sp³-hybridized carbons (Fsp3) is 0.913. The molecule has 172 valence electrons. The number of amides is 2. The predicted molar refractivity (Wildman–Crippen MR) is 118 cm³/mol. The van der Waals surface area contributed by atoms with Crippen molar-refractivity contribution < 1.29 is 14.3 Å². The molecule has 0 radical (unpaired) electrons. The van der Waals surface area contributed by atoms with E-state index >= 15 is 0 Å². The van der Waals surface area contributed by atoms with Crippen LogP contribution in [-0.4, -0.2) is 98.1 Å². The Morgan fingerprint density at radius 1 is 0.967 bits per heavy atom. The molecular weight excluding hydrogens is 380 g/mol. The third-order valence-electron chi connectivity index (χ3n) is 6.59. The van der Waals surface area contributed by atoms with Gasteiger partial charge in [-0.25, -0.2) is 0 Å². The Bertz CT molecular complexity index is 541. The van der Waals surface area contributed by atoms with Crippen molar-refractivity contribution >= 4 is 11.8 Å². The first-order valence-corrected chi connectivity index (χ1v) is 12.1. The molecule has 0 aromatic carbocycles. The van der Waals surface area contributed by atoms with E-state index in [1.54, 1.807) is 0 Å². The zero-order chi connectivity index (χ0) is 21.3. The number of hydrogen-bond acceptors (Lipinski definition) is 5. The number of carbonyl (C=O) groups excluding carboxylic acids is 2. The molecule has 1 atom stereocenters. The van der Waals surface area contributed by atoms with E-state index in [-0.39, 0.29) is 17.9 Å². The second-order valence-corrected chi connectivity index (χ2v) is 9.74. The highest BCUT2D eigenvalue weighted by Gasteiger charge is 2.29. The Morgan fingerprint density at radius 3 is 2.33 bits per heavy atom. The fourth-order valence-corrected chi connectivity index (χ4v) is 4.96. The van der Waals surface area contributed by atoms with Crippen molar-refractivity contribution in [1.29, 1.82) is 0 Å². The maximum atomic E-state index is 12.8. The molecule has 2 amide bonds. The van der Waals surface area contributed by atoms with Crippen molar-refractivity contribution in [3.63, 3.8) is 0 Å². The standard InChI is InChI=1S/C23H42N4O3/c1-19(2)16-26-13-14-30-21(17-26)15-24-22(28)18-25-11-7-20(8-12-25)23(29)27-9-5-3-4-6-10-27/h19-21H,3-18H2,1-2H3,(H,24,28). The lowest BCUT2D eigenvalue weighted by Crippen LogP contribution is -2.50. The first-order chi connectivity index (χ1) is 14.5. The van der Waals surface area contributed by atoms with E-state index in [2.05, 4.69) is 33.9 Å². The van der Waals surface area contributed by atoms with Crippen molar-refractivity contribution in [3.8, 4) is 0 Å². The molecule has 0 saturated carbocycles. The van der Waals surface area contributed by atoms with Gasteiger partial charge in [-0.15, -0.1) is 0 Å². The normalized spacial score (nSPS) is 25.3. The van der Waals surface area contributed by atoms with E-state index in [1.165, 1.54) is 12.8 Å². The van der Waals surface area contributed by atoms with Crippen LogP contribution in [0.15, 0.2) is 0 Å². The highest BCUT2D eigenvalue weighted by Crippen LogP contribution is 2.21. The highest BCUT2D eigenvalue weighted by atomic mass is 16.5. The number of likely N-dealkylation sites (tertiary alicyclic amines) is 2. The van der Waals surface area contributed by atoms with Gasteiger partial charge < -0.3 is 15.0 Å². The second kappa shape index (κ2) is 12.0. The van der Waals surface area contributed by atoms with Crippen LogP contribution in [-0.2, 0) is 14.3 Å². The summed E-state index contributed by atoms with van der Waals surface area (Å²) in [5.41, 5.74) is 0. The maximum Gasteiger partial charge on any atom is 0.234 e. The lowest BCUT2D eigenvalue weighted by atomic mass is 9.95. The summed E-state index contributed by atoms with van der Waals surface area (Å²) in [4.78, 5) is 31.9. The first kappa shape index (κ1) is 23.5. The molecule has 1 N–H and O–H groups in total. The van der Waals surface area contributed by atoms with Crippen LogP contribution in [0.5, 0.6) is 0 Å². The number of nitrogens with one attached hydrogen (secondary N) is 1. The largest absolute Gasteiger partial charge is 0.374 e. The van der Waals surface area contributed by atoms with E-state index in [4.69, 9.17) is 4.74 Å². The number of carbonyl (C=O) groups is 2. The molecule has 3 aliphatic heterocycles. The Hall–Kier alpha value is -1.18. The molecule has 7 nitrogen and oxygen atoms in total. The molecule has 3 fully saturated rings. The summed E-state index contributed by atoms with van der Waals surface area (Å²) in [6, 6.07) is 0. The highest BCUT2D eigenvalue weighted by molar-refractivity contribution is 5.79. The number of hydrogen-bond donors (Lipinski definition) is 1. The van der Waals surface area contributed by atoms with E-state index in [9.17, 15) is 9.59 Å². The summed E-state index contributed by atoms with van der Waals surface area (Å²) < 4.78 is 5.82. The summed E-state index contributed by atoms with van der Waals surface area (Å²) in [6.45, 7) is 12.7. The summed E-state index contributed by atoms with van der Waals surface area (Å²) in [7, 11) is 0. The van der Waals surface area contributed by atoms with Gasteiger partial charge in [-0.3, -0.25) is 19.4 Å². The van der Waals surface area contributed by atoms with Crippen LogP contribution in [0.3, 0.4) is 0 Å². The first-order valence-electron chi connectivity index (χ1n) is 12.1. The average Bonchev–Trinajstić information content (AvgIpc) is 3.02. The van der Waals surface area contributed by atoms with Gasteiger partial charge in [0.05, 0.1) is 19.3 Å². The molecule has 0 bridgehead atoms. The molecule has 0 aromatic rings. The van der Waals surface area contributed by atoms with Crippen LogP contribution >= 0.6 is 0 Å². The van der Waals surface area contributed by atoms with Gasteiger partial charge in [-0.1, -0.05) is 26.7 Å². The van der Waals surface area contributed by atoms with Gasteiger partial charge in [-0.2, -0.15) is 0 Å². The summed E-state index contributed by atoms with van der Waals surface area (Å²) in [5, 5.41) is 3.06. The lowest BCUT2D eigenvalue weighted by Gasteiger charge is -2.35. The smallest absolute Gasteiger partial charge is 0.234 e. The van der Waals surface area contributed by atoms with Gasteiger partial charge in [0, 0.05) is 45.2 Å². The van der Waals surface area contributed by atoms with Crippen LogP contribution in [0.2, 0.25) is 0 Å². The molecule has 3 heterocycles. The summed E-state index contributed by atoms with van der Waals surface area (Å²) >= 11 is 0. The Balaban J connectivity index is 1.32. The summed E-state index contributed by atoms with van der Waals surface area (Å²) in [5.74, 6) is 1.20. The predicted octanol–water partition coefficient (Wildman–Crippen LogP) is 1.57. The van der Waals surface area contributed by atoms with E-state index in [0.29, 0.717) is 24.9 Å². The molecule has 0 aromatic heterocycles. The zero-order valence-electron chi connectivity index (χ0n) is 19.1. The van der Waals surface area contributed by atoms with Crippen LogP contribution < -0.4 is 5.32 Å². The monoisotopic (exact) mass is 422 g/mol. The minimum absolute atomic E-state index is 0.0666. The van der Waals surface area contributed by atoms with Crippen molar-refractivity contribution in [2.24, 2.45) is 11.8 Å². The van der Waals surface area contributed by atoms with Crippen molar-refractivity contribution in [3.05, 3.63) is 0 Å². The SMILES string of the molecule is CC(C)CN1CCOC(CNC(=O)CN2CCC(C(=O)N3CCCCCC3)CC2)C1. The van der Waals surface area contributed by atoms with Crippen LogP contribution in [0.4, 0.5) is 0 Å². The van der Waals surface area contributed by atoms with Gasteiger partial charge in [0.25, 0.3) is 0 Å². The zero-order valence-corrected chi connectivity index (χ0v) is 19.1. The minimum atomic E-state index is 0.0666. The second-order valence-electron chi connectivity index (χ2n) is 9.74. The van der Waals surface area contributed by atoms with Crippen LogP contribution in [0.25, 0.3) is 0 Å². The lowest BCUT2D eigenvalue weighted by molar-refractivity contribution is -0.137. The average molecular weight is 423 g/mol. The van der Waals surface area contributed by atoms with E-state index in [0.717, 1.165) is 78.1 Å². The maximum absolute atomic E-state index is 12.8. The molecule has 30 heavy (non-hydrogen) atoms. The number of rotatable bonds is 7. The number of ether oxygens (including phenoxy) is 1. The van der Waals surface area contributed by atoms with Gasteiger partial charge in [0.2, 0.25) is 11.8 Å². The summed E-state index contributed by atoms with van der Waals surface area (Å²) in [6.07, 6.45) is 6.61. The number of nitrogens with zero attached hydrogens (tertiary/aromatic N) is 3. The van der Waals surface area contributed by atoms with E-state index < -0.39 is 0 Å². The topological polar surface area (TPSA) is 65.1 Å².